The van der Waals surface area contributed by atoms with Gasteiger partial charge < -0.3 is 10.8 Å². The molecule has 1 aliphatic heterocycles. The second-order valence-corrected chi connectivity index (χ2v) is 6.89. The first-order valence-corrected chi connectivity index (χ1v) is 8.98. The van der Waals surface area contributed by atoms with Crippen LogP contribution in [-0.2, 0) is 9.59 Å². The van der Waals surface area contributed by atoms with Crippen molar-refractivity contribution in [1.82, 2.24) is 4.98 Å². The summed E-state index contributed by atoms with van der Waals surface area (Å²) >= 11 is 0.948. The molecule has 0 unspecified atom stereocenters. The van der Waals surface area contributed by atoms with Crippen LogP contribution in [0.3, 0.4) is 0 Å². The largest absolute Gasteiger partial charge is 0.478 e. The SMILES string of the molecule is NC(=N/N=C\c1ccccn1)S[C@H]1CC(=O)N(c2ccc(C(=O)O)cc2)C1=O. The van der Waals surface area contributed by atoms with E-state index in [0.717, 1.165) is 16.7 Å². The second kappa shape index (κ2) is 8.44. The van der Waals surface area contributed by atoms with Crippen molar-refractivity contribution in [1.29, 1.82) is 0 Å². The molecular formula is C18H15N5O4S. The number of carbonyl (C=O) groups excluding carboxylic acids is 2. The first kappa shape index (κ1) is 19.2. The lowest BCUT2D eigenvalue weighted by molar-refractivity contribution is -0.121. The molecule has 1 aromatic heterocycles. The van der Waals surface area contributed by atoms with E-state index in [1.54, 1.807) is 24.4 Å². The van der Waals surface area contributed by atoms with Crippen molar-refractivity contribution in [3.8, 4) is 0 Å². The van der Waals surface area contributed by atoms with Gasteiger partial charge in [-0.25, -0.2) is 9.69 Å². The third kappa shape index (κ3) is 4.41. The average Bonchev–Trinajstić information content (AvgIpc) is 2.96. The summed E-state index contributed by atoms with van der Waals surface area (Å²) in [6.45, 7) is 0. The van der Waals surface area contributed by atoms with Gasteiger partial charge in [-0.05, 0) is 36.4 Å². The molecule has 10 heteroatoms. The number of rotatable bonds is 5. The first-order chi connectivity index (χ1) is 13.5. The number of carbonyl (C=O) groups is 3. The number of aromatic nitrogens is 1. The highest BCUT2D eigenvalue weighted by atomic mass is 32.2. The van der Waals surface area contributed by atoms with Crippen LogP contribution in [0.4, 0.5) is 5.69 Å². The molecule has 9 nitrogen and oxygen atoms in total. The van der Waals surface area contributed by atoms with Gasteiger partial charge in [0.15, 0.2) is 5.17 Å². The zero-order valence-corrected chi connectivity index (χ0v) is 15.2. The van der Waals surface area contributed by atoms with Crippen molar-refractivity contribution < 1.29 is 19.5 Å². The number of amidine groups is 1. The minimum atomic E-state index is -1.09. The van der Waals surface area contributed by atoms with Crippen LogP contribution in [0.1, 0.15) is 22.5 Å². The van der Waals surface area contributed by atoms with Gasteiger partial charge in [0.2, 0.25) is 11.8 Å². The van der Waals surface area contributed by atoms with Crippen molar-refractivity contribution in [2.24, 2.45) is 15.9 Å². The van der Waals surface area contributed by atoms with Crippen LogP contribution in [0.5, 0.6) is 0 Å². The van der Waals surface area contributed by atoms with E-state index in [-0.39, 0.29) is 17.2 Å². The summed E-state index contributed by atoms with van der Waals surface area (Å²) in [6, 6.07) is 10.8. The maximum absolute atomic E-state index is 12.6. The van der Waals surface area contributed by atoms with E-state index in [4.69, 9.17) is 10.8 Å². The minimum Gasteiger partial charge on any atom is -0.478 e. The third-order valence-electron chi connectivity index (χ3n) is 3.77. The van der Waals surface area contributed by atoms with E-state index in [2.05, 4.69) is 15.2 Å². The number of aromatic carboxylic acids is 1. The lowest BCUT2D eigenvalue weighted by Crippen LogP contribution is -2.31. The Morgan fingerprint density at radius 3 is 2.64 bits per heavy atom. The molecule has 1 fully saturated rings. The summed E-state index contributed by atoms with van der Waals surface area (Å²) in [5, 5.41) is 15.9. The maximum Gasteiger partial charge on any atom is 0.335 e. The van der Waals surface area contributed by atoms with Crippen molar-refractivity contribution in [2.75, 3.05) is 4.90 Å². The fraction of sp³-hybridized carbons (Fsp3) is 0.111. The Balaban J connectivity index is 1.66. The normalized spacial score (nSPS) is 17.5. The van der Waals surface area contributed by atoms with Crippen LogP contribution in [0.2, 0.25) is 0 Å². The Bertz CT molecular complexity index is 960. The molecule has 28 heavy (non-hydrogen) atoms. The number of amides is 2. The molecule has 0 radical (unpaired) electrons. The molecule has 0 bridgehead atoms. The summed E-state index contributed by atoms with van der Waals surface area (Å²) in [6.07, 6.45) is 3.00. The molecule has 2 amide bonds. The van der Waals surface area contributed by atoms with Crippen molar-refractivity contribution in [3.05, 3.63) is 59.9 Å². The van der Waals surface area contributed by atoms with Crippen LogP contribution in [0.25, 0.3) is 0 Å². The summed E-state index contributed by atoms with van der Waals surface area (Å²) < 4.78 is 0. The zero-order valence-electron chi connectivity index (χ0n) is 14.4. The number of carboxylic acid groups (broad SMARTS) is 1. The van der Waals surface area contributed by atoms with Crippen LogP contribution >= 0.6 is 11.8 Å². The van der Waals surface area contributed by atoms with Crippen molar-refractivity contribution in [2.45, 2.75) is 11.7 Å². The van der Waals surface area contributed by atoms with Gasteiger partial charge in [0.1, 0.15) is 5.25 Å². The van der Waals surface area contributed by atoms with E-state index in [9.17, 15) is 14.4 Å². The molecule has 1 aromatic carbocycles. The number of thioether (sulfide) groups is 1. The number of nitrogens with zero attached hydrogens (tertiary/aromatic N) is 4. The molecule has 0 aliphatic carbocycles. The van der Waals surface area contributed by atoms with Crippen LogP contribution in [-0.4, -0.2) is 44.5 Å². The molecule has 3 rings (SSSR count). The molecule has 1 saturated heterocycles. The molecule has 1 atom stereocenters. The lowest BCUT2D eigenvalue weighted by atomic mass is 10.2. The minimum absolute atomic E-state index is 0.0373. The number of nitrogens with two attached hydrogens (primary N) is 1. The third-order valence-corrected chi connectivity index (χ3v) is 4.75. The maximum atomic E-state index is 12.6. The Kier molecular flexibility index (Phi) is 5.80. The van der Waals surface area contributed by atoms with E-state index in [1.165, 1.54) is 30.5 Å². The number of imide groups is 1. The average molecular weight is 397 g/mol. The fourth-order valence-corrected chi connectivity index (χ4v) is 3.30. The highest BCUT2D eigenvalue weighted by Crippen LogP contribution is 2.29. The van der Waals surface area contributed by atoms with Crippen molar-refractivity contribution >= 4 is 46.6 Å². The van der Waals surface area contributed by atoms with Gasteiger partial charge in [-0.2, -0.15) is 5.10 Å². The highest BCUT2D eigenvalue weighted by molar-refractivity contribution is 8.14. The zero-order chi connectivity index (χ0) is 20.1. The van der Waals surface area contributed by atoms with Gasteiger partial charge in [0.25, 0.3) is 0 Å². The highest BCUT2D eigenvalue weighted by Gasteiger charge is 2.40. The molecule has 0 spiro atoms. The van der Waals surface area contributed by atoms with Crippen LogP contribution in [0.15, 0.2) is 58.9 Å². The van der Waals surface area contributed by atoms with Gasteiger partial charge in [0, 0.05) is 12.6 Å². The van der Waals surface area contributed by atoms with E-state index >= 15 is 0 Å². The number of carboxylic acids is 1. The molecular weight excluding hydrogens is 382 g/mol. The van der Waals surface area contributed by atoms with Gasteiger partial charge in [-0.1, -0.05) is 17.8 Å². The number of anilines is 1. The molecule has 142 valence electrons. The Hall–Kier alpha value is -3.53. The van der Waals surface area contributed by atoms with Crippen LogP contribution < -0.4 is 10.6 Å². The number of hydrogen-bond donors (Lipinski definition) is 2. The Labute approximate surface area is 164 Å². The molecule has 2 heterocycles. The summed E-state index contributed by atoms with van der Waals surface area (Å²) in [5.74, 6) is -1.92. The monoisotopic (exact) mass is 397 g/mol. The lowest BCUT2D eigenvalue weighted by Gasteiger charge is -2.14. The predicted octanol–water partition coefficient (Wildman–Crippen LogP) is 1.49. The topological polar surface area (TPSA) is 138 Å². The summed E-state index contributed by atoms with van der Waals surface area (Å²) in [4.78, 5) is 40.8. The molecule has 1 aliphatic rings. The summed E-state index contributed by atoms with van der Waals surface area (Å²) in [7, 11) is 0. The Morgan fingerprint density at radius 2 is 2.00 bits per heavy atom. The van der Waals surface area contributed by atoms with E-state index < -0.39 is 23.0 Å². The molecule has 2 aromatic rings. The number of benzene rings is 1. The standard InChI is InChI=1S/C18H15N5O4S/c19-18(22-21-10-12-3-1-2-8-20-12)28-14-9-15(24)23(16(14)25)13-6-4-11(5-7-13)17(26)27/h1-8,10,14H,9H2,(H2,19,22)(H,26,27)/b21-10-/t14-/m0/s1. The Morgan fingerprint density at radius 1 is 1.25 bits per heavy atom. The second-order valence-electron chi connectivity index (χ2n) is 5.67. The molecule has 3 N–H and O–H groups in total. The van der Waals surface area contributed by atoms with Crippen LogP contribution in [0, 0.1) is 0 Å². The van der Waals surface area contributed by atoms with Gasteiger partial charge in [-0.3, -0.25) is 14.6 Å². The van der Waals surface area contributed by atoms with Gasteiger partial charge in [0.05, 0.1) is 23.2 Å². The smallest absolute Gasteiger partial charge is 0.335 e. The van der Waals surface area contributed by atoms with Gasteiger partial charge >= 0.3 is 5.97 Å². The van der Waals surface area contributed by atoms with E-state index in [1.807, 2.05) is 0 Å². The van der Waals surface area contributed by atoms with Gasteiger partial charge in [-0.15, -0.1) is 5.10 Å². The number of pyridine rings is 1. The number of hydrogen-bond acceptors (Lipinski definition) is 7. The van der Waals surface area contributed by atoms with Crippen molar-refractivity contribution in [3.63, 3.8) is 0 Å². The first-order valence-electron chi connectivity index (χ1n) is 8.10. The predicted molar refractivity (Wildman–Crippen MR) is 105 cm³/mol. The fourth-order valence-electron chi connectivity index (χ4n) is 2.49. The quantitative estimate of drug-likeness (QED) is 0.337. The van der Waals surface area contributed by atoms with E-state index in [0.29, 0.717) is 11.4 Å². The molecule has 0 saturated carbocycles. The summed E-state index contributed by atoms with van der Waals surface area (Å²) in [5.41, 5.74) is 6.78.